The first-order valence-electron chi connectivity index (χ1n) is 6.04. The van der Waals surface area contributed by atoms with Crippen molar-refractivity contribution in [3.8, 4) is 0 Å². The summed E-state index contributed by atoms with van der Waals surface area (Å²) in [6, 6.07) is 6.03. The molecule has 1 fully saturated rings. The van der Waals surface area contributed by atoms with Gasteiger partial charge in [-0.25, -0.2) is 0 Å². The molecule has 0 saturated carbocycles. The number of thiocarbonyl (C=S) groups is 1. The van der Waals surface area contributed by atoms with Gasteiger partial charge in [0.2, 0.25) is 0 Å². The van der Waals surface area contributed by atoms with E-state index < -0.39 is 0 Å². The van der Waals surface area contributed by atoms with E-state index in [9.17, 15) is 0 Å². The second kappa shape index (κ2) is 5.87. The van der Waals surface area contributed by atoms with Crippen molar-refractivity contribution in [1.82, 2.24) is 0 Å². The maximum absolute atomic E-state index is 6.14. The maximum Gasteiger partial charge on any atom is 0.107 e. The number of rotatable bonds is 3. The molecule has 18 heavy (non-hydrogen) atoms. The second-order valence-corrected chi connectivity index (χ2v) is 5.42. The van der Waals surface area contributed by atoms with Gasteiger partial charge in [0.1, 0.15) is 4.99 Å². The minimum atomic E-state index is 0.281. The molecular weight excluding hydrogens is 268 g/mol. The van der Waals surface area contributed by atoms with Crippen LogP contribution in [0.1, 0.15) is 25.3 Å². The summed E-state index contributed by atoms with van der Waals surface area (Å²) in [5.41, 5.74) is 7.37. The molecule has 0 amide bonds. The topological polar surface area (TPSA) is 47.3 Å². The fourth-order valence-electron chi connectivity index (χ4n) is 2.24. The maximum atomic E-state index is 6.14. The number of halogens is 1. The Balaban J connectivity index is 2.18. The van der Waals surface area contributed by atoms with Crippen LogP contribution in [0.3, 0.4) is 0 Å². The Kier molecular flexibility index (Phi) is 4.43. The Bertz CT molecular complexity index is 453. The highest BCUT2D eigenvalue weighted by Crippen LogP contribution is 2.27. The lowest BCUT2D eigenvalue weighted by atomic mass is 10.0. The van der Waals surface area contributed by atoms with Crippen LogP contribution in [0.5, 0.6) is 0 Å². The van der Waals surface area contributed by atoms with Gasteiger partial charge < -0.3 is 15.8 Å². The zero-order chi connectivity index (χ0) is 13.1. The van der Waals surface area contributed by atoms with Crippen LogP contribution in [0.25, 0.3) is 0 Å². The number of nitrogens with two attached hydrogens (primary N) is 1. The Morgan fingerprint density at radius 3 is 3.00 bits per heavy atom. The lowest BCUT2D eigenvalue weighted by molar-refractivity contribution is 0.0232. The van der Waals surface area contributed by atoms with Crippen LogP contribution in [0, 0.1) is 0 Å². The number of ether oxygens (including phenoxy) is 1. The fraction of sp³-hybridized carbons (Fsp3) is 0.462. The third-order valence-corrected chi connectivity index (χ3v) is 3.62. The molecule has 2 unspecified atom stereocenters. The molecule has 3 nitrogen and oxygen atoms in total. The van der Waals surface area contributed by atoms with Gasteiger partial charge in [0.05, 0.1) is 16.7 Å². The molecule has 0 aliphatic carbocycles. The van der Waals surface area contributed by atoms with E-state index in [-0.39, 0.29) is 6.10 Å². The molecule has 3 N–H and O–H groups in total. The number of hydrogen-bond acceptors (Lipinski definition) is 3. The molecule has 1 heterocycles. The quantitative estimate of drug-likeness (QED) is 0.838. The monoisotopic (exact) mass is 284 g/mol. The van der Waals surface area contributed by atoms with Gasteiger partial charge in [-0.3, -0.25) is 0 Å². The number of nitrogens with one attached hydrogen (secondary N) is 1. The molecule has 0 spiro atoms. The molecule has 1 aromatic rings. The van der Waals surface area contributed by atoms with E-state index in [1.807, 2.05) is 12.1 Å². The summed E-state index contributed by atoms with van der Waals surface area (Å²) < 4.78 is 5.53. The summed E-state index contributed by atoms with van der Waals surface area (Å²) in [5, 5.41) is 4.06. The first-order valence-corrected chi connectivity index (χ1v) is 6.83. The van der Waals surface area contributed by atoms with E-state index in [1.165, 1.54) is 0 Å². The van der Waals surface area contributed by atoms with Crippen molar-refractivity contribution in [2.24, 2.45) is 5.73 Å². The van der Waals surface area contributed by atoms with Crippen molar-refractivity contribution in [2.75, 3.05) is 11.9 Å². The number of anilines is 1. The van der Waals surface area contributed by atoms with Crippen molar-refractivity contribution in [1.29, 1.82) is 0 Å². The lowest BCUT2D eigenvalue weighted by Gasteiger charge is -2.29. The van der Waals surface area contributed by atoms with E-state index in [0.29, 0.717) is 16.1 Å². The third kappa shape index (κ3) is 3.13. The highest BCUT2D eigenvalue weighted by Gasteiger charge is 2.20. The number of benzene rings is 1. The predicted octanol–water partition coefficient (Wildman–Crippen LogP) is 2.95. The Morgan fingerprint density at radius 1 is 1.56 bits per heavy atom. The molecule has 1 aromatic carbocycles. The van der Waals surface area contributed by atoms with Gasteiger partial charge in [0, 0.05) is 18.3 Å². The smallest absolute Gasteiger partial charge is 0.107 e. The molecule has 5 heteroatoms. The van der Waals surface area contributed by atoms with E-state index in [4.69, 9.17) is 34.3 Å². The molecule has 1 aliphatic rings. The van der Waals surface area contributed by atoms with E-state index in [1.54, 1.807) is 6.07 Å². The van der Waals surface area contributed by atoms with Gasteiger partial charge in [0.25, 0.3) is 0 Å². The van der Waals surface area contributed by atoms with Crippen LogP contribution in [-0.4, -0.2) is 23.7 Å². The molecule has 0 bridgehead atoms. The highest BCUT2D eigenvalue weighted by atomic mass is 35.5. The molecule has 0 radical (unpaired) electrons. The van der Waals surface area contributed by atoms with Crippen LogP contribution in [-0.2, 0) is 4.74 Å². The SMILES string of the molecule is CC1CC(Nc2cccc(Cl)c2C(N)=S)CCO1. The second-order valence-electron chi connectivity index (χ2n) is 4.57. The average Bonchev–Trinajstić information content (AvgIpc) is 2.28. The standard InChI is InChI=1S/C13H17ClN2OS/c1-8-7-9(5-6-17-8)16-11-4-2-3-10(14)12(11)13(15)18/h2-4,8-9,16H,5-7H2,1H3,(H2,15,18). The first kappa shape index (κ1) is 13.6. The molecule has 2 atom stereocenters. The van der Waals surface area contributed by atoms with Crippen molar-refractivity contribution in [3.05, 3.63) is 28.8 Å². The van der Waals surface area contributed by atoms with Crippen molar-refractivity contribution in [2.45, 2.75) is 31.9 Å². The van der Waals surface area contributed by atoms with Gasteiger partial charge in [0.15, 0.2) is 0 Å². The van der Waals surface area contributed by atoms with Gasteiger partial charge in [-0.05, 0) is 31.9 Å². The molecular formula is C13H17ClN2OS. The van der Waals surface area contributed by atoms with Crippen molar-refractivity contribution in [3.63, 3.8) is 0 Å². The zero-order valence-corrected chi connectivity index (χ0v) is 11.9. The lowest BCUT2D eigenvalue weighted by Crippen LogP contribution is -2.33. The summed E-state index contributed by atoms with van der Waals surface area (Å²) >= 11 is 11.2. The van der Waals surface area contributed by atoms with E-state index in [2.05, 4.69) is 12.2 Å². The van der Waals surface area contributed by atoms with Gasteiger partial charge in [-0.2, -0.15) is 0 Å². The van der Waals surface area contributed by atoms with Crippen LogP contribution in [0.4, 0.5) is 5.69 Å². The number of hydrogen-bond donors (Lipinski definition) is 2. The molecule has 98 valence electrons. The summed E-state index contributed by atoms with van der Waals surface area (Å²) in [6.07, 6.45) is 2.24. The fourth-order valence-corrected chi connectivity index (χ4v) is 2.80. The highest BCUT2D eigenvalue weighted by molar-refractivity contribution is 7.80. The van der Waals surface area contributed by atoms with E-state index in [0.717, 1.165) is 30.7 Å². The van der Waals surface area contributed by atoms with Gasteiger partial charge >= 0.3 is 0 Å². The van der Waals surface area contributed by atoms with Crippen LogP contribution in [0.15, 0.2) is 18.2 Å². The Hall–Kier alpha value is -0.840. The summed E-state index contributed by atoms with van der Waals surface area (Å²) in [7, 11) is 0. The first-order chi connectivity index (χ1) is 8.58. The summed E-state index contributed by atoms with van der Waals surface area (Å²) in [5.74, 6) is 0. The molecule has 1 saturated heterocycles. The third-order valence-electron chi connectivity index (χ3n) is 3.10. The van der Waals surface area contributed by atoms with Gasteiger partial charge in [-0.15, -0.1) is 0 Å². The summed E-state index contributed by atoms with van der Waals surface area (Å²) in [4.78, 5) is 0.322. The van der Waals surface area contributed by atoms with Crippen molar-refractivity contribution >= 4 is 34.5 Å². The molecule has 2 rings (SSSR count). The molecule has 1 aliphatic heterocycles. The summed E-state index contributed by atoms with van der Waals surface area (Å²) in [6.45, 7) is 2.86. The Morgan fingerprint density at radius 2 is 2.33 bits per heavy atom. The van der Waals surface area contributed by atoms with Crippen LogP contribution < -0.4 is 11.1 Å². The average molecular weight is 285 g/mol. The Labute approximate surface area is 118 Å². The minimum Gasteiger partial charge on any atom is -0.389 e. The van der Waals surface area contributed by atoms with Crippen molar-refractivity contribution < 1.29 is 4.74 Å². The normalized spacial score (nSPS) is 23.7. The zero-order valence-electron chi connectivity index (χ0n) is 10.3. The van der Waals surface area contributed by atoms with Crippen LogP contribution in [0.2, 0.25) is 5.02 Å². The largest absolute Gasteiger partial charge is 0.389 e. The van der Waals surface area contributed by atoms with Crippen LogP contribution >= 0.6 is 23.8 Å². The van der Waals surface area contributed by atoms with E-state index >= 15 is 0 Å². The minimum absolute atomic E-state index is 0.281. The predicted molar refractivity (Wildman–Crippen MR) is 79.4 cm³/mol. The molecule has 0 aromatic heterocycles. The van der Waals surface area contributed by atoms with Gasteiger partial charge in [-0.1, -0.05) is 29.9 Å².